The number of fused-ring (bicyclic) bond motifs is 1. The first-order chi connectivity index (χ1) is 17.4. The van der Waals surface area contributed by atoms with E-state index in [0.29, 0.717) is 45.7 Å². The zero-order chi connectivity index (χ0) is 23.2. The zero-order valence-corrected chi connectivity index (χ0v) is 18.5. The molecule has 5 aromatic heterocycles. The summed E-state index contributed by atoms with van der Waals surface area (Å²) in [6, 6.07) is 11.2. The molecule has 12 heteroatoms. The predicted octanol–water partition coefficient (Wildman–Crippen LogP) is 5.58. The first-order valence-corrected chi connectivity index (χ1v) is 11.3. The first-order valence-electron chi connectivity index (χ1n) is 10.4. The van der Waals surface area contributed by atoms with Crippen LogP contribution in [0.15, 0.2) is 86.3 Å². The molecule has 35 heavy (non-hydrogen) atoms. The van der Waals surface area contributed by atoms with E-state index in [2.05, 4.69) is 31.0 Å². The molecule has 1 aliphatic heterocycles. The normalized spacial score (nSPS) is 12.6. The quantitative estimate of drug-likeness (QED) is 0.330. The van der Waals surface area contributed by atoms with Gasteiger partial charge in [0, 0.05) is 33.7 Å². The highest BCUT2D eigenvalue weighted by molar-refractivity contribution is 7.13. The molecule has 0 amide bonds. The van der Waals surface area contributed by atoms with Crippen molar-refractivity contribution in [3.63, 3.8) is 0 Å². The van der Waals surface area contributed by atoms with Crippen molar-refractivity contribution in [2.75, 3.05) is 10.5 Å². The average Bonchev–Trinajstić information content (AvgIpc) is 3.73. The standard InChI is InChI=1S/C23H13N7O4S/c1-3-14(31-9-1)18-19(15-4-2-12-35-15)22-21(28-34-30(22)16-5-7-25-29-26-16)17(13-6-10-33-27-13)20(18)23-24-8-11-32-23/h1-12,28H. The van der Waals surface area contributed by atoms with E-state index in [9.17, 15) is 0 Å². The van der Waals surface area contributed by atoms with Crippen molar-refractivity contribution >= 4 is 28.5 Å². The van der Waals surface area contributed by atoms with Gasteiger partial charge in [-0.2, -0.15) is 5.06 Å². The molecule has 6 heterocycles. The van der Waals surface area contributed by atoms with Crippen molar-refractivity contribution in [2.45, 2.75) is 0 Å². The Hall–Kier alpha value is -4.81. The highest BCUT2D eigenvalue weighted by Crippen LogP contribution is 2.58. The fraction of sp³-hybridized carbons (Fsp3) is 0. The van der Waals surface area contributed by atoms with Crippen molar-refractivity contribution in [3.05, 3.63) is 73.0 Å². The van der Waals surface area contributed by atoms with Crippen molar-refractivity contribution in [2.24, 2.45) is 0 Å². The maximum Gasteiger partial charge on any atom is 0.227 e. The van der Waals surface area contributed by atoms with Gasteiger partial charge < -0.3 is 13.4 Å². The van der Waals surface area contributed by atoms with Crippen molar-refractivity contribution in [3.8, 4) is 44.5 Å². The number of thiophene rings is 1. The van der Waals surface area contributed by atoms with Crippen LogP contribution in [0.25, 0.3) is 44.5 Å². The molecule has 0 spiro atoms. The lowest BCUT2D eigenvalue weighted by Crippen LogP contribution is -2.16. The van der Waals surface area contributed by atoms with Gasteiger partial charge in [0.05, 0.1) is 24.2 Å². The Morgan fingerprint density at radius 3 is 2.60 bits per heavy atom. The second-order valence-electron chi connectivity index (χ2n) is 7.37. The van der Waals surface area contributed by atoms with Gasteiger partial charge in [-0.05, 0) is 28.8 Å². The smallest absolute Gasteiger partial charge is 0.227 e. The van der Waals surface area contributed by atoms with E-state index < -0.39 is 0 Å². The summed E-state index contributed by atoms with van der Waals surface area (Å²) in [5.41, 5.74) is 7.81. The van der Waals surface area contributed by atoms with Crippen molar-refractivity contribution in [1.29, 1.82) is 0 Å². The fourth-order valence-corrected chi connectivity index (χ4v) is 4.94. The van der Waals surface area contributed by atoms with Crippen molar-refractivity contribution in [1.82, 2.24) is 25.6 Å². The van der Waals surface area contributed by atoms with Crippen LogP contribution in [0, 0.1) is 0 Å². The second kappa shape index (κ2) is 7.90. The van der Waals surface area contributed by atoms with E-state index in [0.717, 1.165) is 16.0 Å². The lowest BCUT2D eigenvalue weighted by molar-refractivity contribution is 0.212. The molecule has 1 aliphatic rings. The SMILES string of the molecule is c1coc(-c2c(-c3ncco3)c(-c3ccon3)c3c(c2-c2cccs2)N(c2ccnnn2)ON3)c1. The molecule has 6 aromatic rings. The largest absolute Gasteiger partial charge is 0.464 e. The number of aromatic nitrogens is 5. The minimum absolute atomic E-state index is 0.388. The van der Waals surface area contributed by atoms with Crippen molar-refractivity contribution < 1.29 is 18.3 Å². The van der Waals surface area contributed by atoms with Crippen LogP contribution in [0.4, 0.5) is 17.2 Å². The van der Waals surface area contributed by atoms with Crippen LogP contribution in [-0.2, 0) is 4.94 Å². The topological polar surface area (TPSA) is 128 Å². The Bertz CT molecular complexity index is 1580. The molecule has 0 fully saturated rings. The maximum atomic E-state index is 5.95. The van der Waals surface area contributed by atoms with Crippen LogP contribution < -0.4 is 10.5 Å². The van der Waals surface area contributed by atoms with Gasteiger partial charge in [-0.3, -0.25) is 0 Å². The highest BCUT2D eigenvalue weighted by Gasteiger charge is 2.38. The number of furan rings is 1. The number of nitrogens with one attached hydrogen (secondary N) is 1. The second-order valence-corrected chi connectivity index (χ2v) is 8.31. The van der Waals surface area contributed by atoms with E-state index in [1.807, 2.05) is 29.6 Å². The van der Waals surface area contributed by atoms with Crippen LogP contribution >= 0.6 is 11.3 Å². The van der Waals surface area contributed by atoms with Gasteiger partial charge >= 0.3 is 0 Å². The van der Waals surface area contributed by atoms with E-state index in [-0.39, 0.29) is 0 Å². The summed E-state index contributed by atoms with van der Waals surface area (Å²) in [6.45, 7) is 0. The number of oxazole rings is 1. The van der Waals surface area contributed by atoms with E-state index >= 15 is 0 Å². The zero-order valence-electron chi connectivity index (χ0n) is 17.7. The van der Waals surface area contributed by atoms with Gasteiger partial charge in [-0.25, -0.2) is 10.5 Å². The Balaban J connectivity index is 1.68. The predicted molar refractivity (Wildman–Crippen MR) is 125 cm³/mol. The van der Waals surface area contributed by atoms with Gasteiger partial charge in [-0.1, -0.05) is 11.2 Å². The number of benzene rings is 1. The number of anilines is 3. The first kappa shape index (κ1) is 19.6. The van der Waals surface area contributed by atoms with Gasteiger partial charge in [-0.15, -0.1) is 26.5 Å². The van der Waals surface area contributed by atoms with Crippen LogP contribution in [0.3, 0.4) is 0 Å². The number of nitrogens with zero attached hydrogens (tertiary/aromatic N) is 6. The highest BCUT2D eigenvalue weighted by atomic mass is 32.1. The maximum absolute atomic E-state index is 5.95. The third-order valence-electron chi connectivity index (χ3n) is 5.49. The average molecular weight is 483 g/mol. The molecule has 170 valence electrons. The lowest BCUT2D eigenvalue weighted by Gasteiger charge is -2.21. The van der Waals surface area contributed by atoms with Gasteiger partial charge in [0.1, 0.15) is 35.4 Å². The Kier molecular flexibility index (Phi) is 4.43. The third kappa shape index (κ3) is 3.04. The van der Waals surface area contributed by atoms with E-state index in [1.54, 1.807) is 47.2 Å². The van der Waals surface area contributed by atoms with Gasteiger partial charge in [0.2, 0.25) is 5.89 Å². The summed E-state index contributed by atoms with van der Waals surface area (Å²) in [5, 5.41) is 19.5. The Labute approximate surface area is 200 Å². The van der Waals surface area contributed by atoms with Gasteiger partial charge in [0.15, 0.2) is 5.82 Å². The molecule has 0 saturated heterocycles. The van der Waals surface area contributed by atoms with E-state index in [1.165, 1.54) is 12.5 Å². The molecular formula is C23H13N7O4S. The Morgan fingerprint density at radius 1 is 0.886 bits per heavy atom. The molecule has 11 nitrogen and oxygen atoms in total. The minimum Gasteiger partial charge on any atom is -0.464 e. The summed E-state index contributed by atoms with van der Waals surface area (Å²) >= 11 is 1.57. The summed E-state index contributed by atoms with van der Waals surface area (Å²) < 4.78 is 17.0. The monoisotopic (exact) mass is 483 g/mol. The summed E-state index contributed by atoms with van der Waals surface area (Å²) in [4.78, 5) is 11.4. The molecule has 0 saturated carbocycles. The van der Waals surface area contributed by atoms with E-state index in [4.69, 9.17) is 18.3 Å². The minimum atomic E-state index is 0.388. The Morgan fingerprint density at radius 2 is 1.89 bits per heavy atom. The number of rotatable bonds is 5. The molecular weight excluding hydrogens is 470 g/mol. The molecule has 0 aliphatic carbocycles. The fourth-order valence-electron chi connectivity index (χ4n) is 4.17. The molecule has 0 bridgehead atoms. The summed E-state index contributed by atoms with van der Waals surface area (Å²) in [6.07, 6.45) is 7.78. The third-order valence-corrected chi connectivity index (χ3v) is 6.38. The summed E-state index contributed by atoms with van der Waals surface area (Å²) in [5.74, 6) is 1.44. The summed E-state index contributed by atoms with van der Waals surface area (Å²) in [7, 11) is 0. The molecule has 0 unspecified atom stereocenters. The molecule has 1 N–H and O–H groups in total. The number of hydrogen-bond donors (Lipinski definition) is 1. The molecule has 1 aromatic carbocycles. The van der Waals surface area contributed by atoms with Crippen LogP contribution in [0.2, 0.25) is 0 Å². The molecule has 0 radical (unpaired) electrons. The molecule has 0 atom stereocenters. The number of hydrogen-bond acceptors (Lipinski definition) is 12. The van der Waals surface area contributed by atoms with Crippen LogP contribution in [-0.4, -0.2) is 25.6 Å². The van der Waals surface area contributed by atoms with Crippen LogP contribution in [0.1, 0.15) is 0 Å². The lowest BCUT2D eigenvalue weighted by atomic mass is 9.88. The van der Waals surface area contributed by atoms with Crippen LogP contribution in [0.5, 0.6) is 0 Å². The molecule has 7 rings (SSSR count). The van der Waals surface area contributed by atoms with Gasteiger partial charge in [0.25, 0.3) is 0 Å².